The summed E-state index contributed by atoms with van der Waals surface area (Å²) in [7, 11) is 1.29. The van der Waals surface area contributed by atoms with Crippen molar-refractivity contribution >= 4 is 47.6 Å². The minimum absolute atomic E-state index is 0.000933. The molecule has 6 N–H and O–H groups in total. The number of rotatable bonds is 27. The first-order valence-corrected chi connectivity index (χ1v) is 21.8. The highest BCUT2D eigenvalue weighted by Crippen LogP contribution is 2.15. The van der Waals surface area contributed by atoms with Gasteiger partial charge in [0, 0.05) is 61.9 Å². The lowest BCUT2D eigenvalue weighted by Crippen LogP contribution is -2.46. The van der Waals surface area contributed by atoms with Crippen LogP contribution >= 0.6 is 0 Å². The van der Waals surface area contributed by atoms with E-state index in [4.69, 9.17) is 14.2 Å². The number of carbonyl (C=O) groups excluding carboxylic acids is 8. The fraction of sp³-hybridized carbons (Fsp3) is 0.818. The molecule has 0 heterocycles. The number of hydrogen-bond donors (Lipinski definition) is 6. The van der Waals surface area contributed by atoms with Gasteiger partial charge in [-0.25, -0.2) is 4.79 Å². The van der Waals surface area contributed by atoms with E-state index in [1.54, 1.807) is 41.5 Å². The first-order valence-electron chi connectivity index (χ1n) is 21.8. The molecule has 0 radical (unpaired) electrons. The largest absolute Gasteiger partial charge is 0.469 e. The molecule has 17 heteroatoms. The van der Waals surface area contributed by atoms with Gasteiger partial charge in [0.05, 0.1) is 26.4 Å². The molecule has 0 aliphatic carbocycles. The highest BCUT2D eigenvalue weighted by atomic mass is 16.6. The molecule has 6 amide bonds. The van der Waals surface area contributed by atoms with E-state index in [0.717, 1.165) is 0 Å². The van der Waals surface area contributed by atoms with Crippen LogP contribution in [0.25, 0.3) is 0 Å². The fourth-order valence-electron chi connectivity index (χ4n) is 6.52. The number of carbonyl (C=O) groups is 8. The molecule has 0 aromatic carbocycles. The number of ether oxygens (including phenoxy) is 3. The number of esters is 2. The number of nitrogens with one attached hydrogen (secondary N) is 6. The van der Waals surface area contributed by atoms with Crippen LogP contribution in [0.4, 0.5) is 4.79 Å². The minimum Gasteiger partial charge on any atom is -0.469 e. The molecular weight excluding hydrogens is 789 g/mol. The molecule has 0 aliphatic rings. The molecule has 0 fully saturated rings. The second kappa shape index (κ2) is 28.2. The van der Waals surface area contributed by atoms with E-state index in [-0.39, 0.29) is 98.3 Å². The first kappa shape index (κ1) is 56.6. The lowest BCUT2D eigenvalue weighted by atomic mass is 9.99. The van der Waals surface area contributed by atoms with E-state index in [9.17, 15) is 38.4 Å². The summed E-state index contributed by atoms with van der Waals surface area (Å²) < 4.78 is 15.6. The van der Waals surface area contributed by atoms with Crippen LogP contribution < -0.4 is 31.9 Å². The topological polar surface area (TPSA) is 236 Å². The molecular formula is C44H80N6O11. The zero-order valence-corrected chi connectivity index (χ0v) is 39.7. The van der Waals surface area contributed by atoms with E-state index in [0.29, 0.717) is 12.8 Å². The summed E-state index contributed by atoms with van der Waals surface area (Å²) in [6, 6.07) is -2.99. The summed E-state index contributed by atoms with van der Waals surface area (Å²) in [6.07, 6.45) is -0.648. The predicted molar refractivity (Wildman–Crippen MR) is 233 cm³/mol. The normalized spacial score (nSPS) is 15.1. The standard InChI is InChI=1S/C44H80N6O11/c1-25(2)16-32(21-41(56)59-15)47-36(51)18-29(9)45-39(54)23-34(27(5)6)49-38(53)20-31(11)60-42(57)22-33(17-26(3)4)48-37(52)19-30(10)46-40(55)24-35(28(7)8)50-43(58)61-44(12,13)14/h25-35H,16-24H2,1-15H3,(H,45,54)(H,46,55)(H,47,51)(H,48,52)(H,49,53)(H,50,58)/t29-,30-,31-,32-,33-,34-,35-/m0/s1. The Bertz CT molecular complexity index is 1430. The van der Waals surface area contributed by atoms with Gasteiger partial charge in [0.25, 0.3) is 0 Å². The van der Waals surface area contributed by atoms with Gasteiger partial charge in [-0.15, -0.1) is 0 Å². The number of alkyl carbamates (subject to hydrolysis) is 1. The van der Waals surface area contributed by atoms with Crippen LogP contribution in [0, 0.1) is 23.7 Å². The van der Waals surface area contributed by atoms with Gasteiger partial charge in [-0.2, -0.15) is 0 Å². The molecule has 0 rings (SSSR count). The van der Waals surface area contributed by atoms with Gasteiger partial charge in [-0.05, 0) is 78.1 Å². The molecule has 61 heavy (non-hydrogen) atoms. The molecule has 0 spiro atoms. The highest BCUT2D eigenvalue weighted by molar-refractivity contribution is 5.83. The molecule has 0 saturated heterocycles. The Hall–Kier alpha value is -4.44. The van der Waals surface area contributed by atoms with Gasteiger partial charge < -0.3 is 46.1 Å². The Morgan fingerprint density at radius 1 is 0.459 bits per heavy atom. The van der Waals surface area contributed by atoms with E-state index in [2.05, 4.69) is 31.9 Å². The van der Waals surface area contributed by atoms with Crippen LogP contribution in [0.2, 0.25) is 0 Å². The smallest absolute Gasteiger partial charge is 0.407 e. The molecule has 0 aromatic heterocycles. The second-order valence-corrected chi connectivity index (χ2v) is 18.9. The zero-order chi connectivity index (χ0) is 47.2. The zero-order valence-electron chi connectivity index (χ0n) is 39.7. The Morgan fingerprint density at radius 3 is 1.21 bits per heavy atom. The Balaban J connectivity index is 5.10. The maximum absolute atomic E-state index is 13.0. The number of hydrogen-bond acceptors (Lipinski definition) is 11. The molecule has 7 atom stereocenters. The molecule has 0 saturated carbocycles. The number of amides is 6. The molecule has 352 valence electrons. The summed E-state index contributed by atoms with van der Waals surface area (Å²) in [5, 5.41) is 17.0. The van der Waals surface area contributed by atoms with Gasteiger partial charge in [0.2, 0.25) is 29.5 Å². The van der Waals surface area contributed by atoms with E-state index < -0.39 is 65.9 Å². The van der Waals surface area contributed by atoms with Gasteiger partial charge in [0.1, 0.15) is 11.7 Å². The fourth-order valence-corrected chi connectivity index (χ4v) is 6.52. The maximum atomic E-state index is 13.0. The van der Waals surface area contributed by atoms with Crippen molar-refractivity contribution in [2.24, 2.45) is 23.7 Å². The van der Waals surface area contributed by atoms with Crippen LogP contribution in [-0.2, 0) is 47.8 Å². The summed E-state index contributed by atoms with van der Waals surface area (Å²) in [4.78, 5) is 102. The van der Waals surface area contributed by atoms with Crippen molar-refractivity contribution in [2.75, 3.05) is 7.11 Å². The van der Waals surface area contributed by atoms with Crippen molar-refractivity contribution in [3.63, 3.8) is 0 Å². The van der Waals surface area contributed by atoms with E-state index >= 15 is 0 Å². The van der Waals surface area contributed by atoms with Crippen LogP contribution in [0.3, 0.4) is 0 Å². The monoisotopic (exact) mass is 869 g/mol. The first-order chi connectivity index (χ1) is 28.1. The van der Waals surface area contributed by atoms with Gasteiger partial charge in [0.15, 0.2) is 0 Å². The molecule has 0 aromatic rings. The summed E-state index contributed by atoms with van der Waals surface area (Å²) in [5.74, 6) is -2.59. The number of methoxy groups -OCH3 is 1. The summed E-state index contributed by atoms with van der Waals surface area (Å²) >= 11 is 0. The Morgan fingerprint density at radius 2 is 0.836 bits per heavy atom. The third-order valence-electron chi connectivity index (χ3n) is 9.37. The van der Waals surface area contributed by atoms with Gasteiger partial charge in [-0.3, -0.25) is 33.6 Å². The molecule has 17 nitrogen and oxygen atoms in total. The van der Waals surface area contributed by atoms with Crippen LogP contribution in [-0.4, -0.2) is 103 Å². The highest BCUT2D eigenvalue weighted by Gasteiger charge is 2.27. The van der Waals surface area contributed by atoms with Crippen LogP contribution in [0.15, 0.2) is 0 Å². The third kappa shape index (κ3) is 28.7. The summed E-state index contributed by atoms with van der Waals surface area (Å²) in [5.41, 5.74) is -0.686. The minimum atomic E-state index is -0.795. The van der Waals surface area contributed by atoms with Crippen molar-refractivity contribution in [3.05, 3.63) is 0 Å². The van der Waals surface area contributed by atoms with Gasteiger partial charge >= 0.3 is 18.0 Å². The summed E-state index contributed by atoms with van der Waals surface area (Å²) in [6.45, 7) is 25.6. The average Bonchev–Trinajstić information content (AvgIpc) is 3.05. The van der Waals surface area contributed by atoms with Crippen LogP contribution in [0.1, 0.15) is 155 Å². The molecule has 0 bridgehead atoms. The van der Waals surface area contributed by atoms with Crippen molar-refractivity contribution in [1.82, 2.24) is 31.9 Å². The third-order valence-corrected chi connectivity index (χ3v) is 9.37. The predicted octanol–water partition coefficient (Wildman–Crippen LogP) is 4.58. The van der Waals surface area contributed by atoms with E-state index in [1.807, 2.05) is 55.4 Å². The SMILES string of the molecule is COC(=O)C[C@H](CC(C)C)NC(=O)C[C@H](C)NC(=O)C[C@H](NC(=O)C[C@H](C)OC(=O)C[C@H](CC(C)C)NC(=O)C[C@H](C)NC(=O)C[C@H](NC(=O)OC(C)(C)C)C(C)C)C(C)C. The quantitative estimate of drug-likeness (QED) is 0.0494. The second-order valence-electron chi connectivity index (χ2n) is 18.9. The van der Waals surface area contributed by atoms with Crippen molar-refractivity contribution in [2.45, 2.75) is 203 Å². The van der Waals surface area contributed by atoms with Crippen molar-refractivity contribution in [1.29, 1.82) is 0 Å². The lowest BCUT2D eigenvalue weighted by molar-refractivity contribution is -0.150. The van der Waals surface area contributed by atoms with E-state index in [1.165, 1.54) is 7.11 Å². The van der Waals surface area contributed by atoms with Gasteiger partial charge in [-0.1, -0.05) is 55.4 Å². The lowest BCUT2D eigenvalue weighted by Gasteiger charge is -2.26. The molecule has 0 aliphatic heterocycles. The molecule has 0 unspecified atom stereocenters. The van der Waals surface area contributed by atoms with Crippen molar-refractivity contribution < 1.29 is 52.6 Å². The van der Waals surface area contributed by atoms with Crippen LogP contribution in [0.5, 0.6) is 0 Å². The maximum Gasteiger partial charge on any atom is 0.407 e. The Kier molecular flexibility index (Phi) is 26.2. The average molecular weight is 869 g/mol. The van der Waals surface area contributed by atoms with Crippen molar-refractivity contribution in [3.8, 4) is 0 Å². The Labute approximate surface area is 364 Å².